The van der Waals surface area contributed by atoms with Gasteiger partial charge in [0, 0.05) is 11.8 Å². The summed E-state index contributed by atoms with van der Waals surface area (Å²) in [6.07, 6.45) is 0.680. The van der Waals surface area contributed by atoms with Crippen molar-refractivity contribution in [1.29, 1.82) is 0 Å². The molecule has 2 heteroatoms. The van der Waals surface area contributed by atoms with Crippen LogP contribution in [0.5, 0.6) is 0 Å². The molecule has 9 aromatic rings. The van der Waals surface area contributed by atoms with Crippen LogP contribution in [0, 0.1) is 0 Å². The molecule has 0 fully saturated rings. The molecular formula is C45H32N2. The highest BCUT2D eigenvalue weighted by Crippen LogP contribution is 2.46. The molecule has 1 heterocycles. The van der Waals surface area contributed by atoms with Crippen molar-refractivity contribution in [3.05, 3.63) is 169 Å². The highest BCUT2D eigenvalue weighted by atomic mass is 15.1. The van der Waals surface area contributed by atoms with Crippen molar-refractivity contribution in [2.75, 3.05) is 0 Å². The van der Waals surface area contributed by atoms with Crippen molar-refractivity contribution in [3.8, 4) is 39.1 Å². The van der Waals surface area contributed by atoms with Gasteiger partial charge in [0.15, 0.2) is 0 Å². The van der Waals surface area contributed by atoms with E-state index in [-0.39, 0.29) is 45.7 Å². The van der Waals surface area contributed by atoms with Crippen LogP contribution >= 0.6 is 0 Å². The van der Waals surface area contributed by atoms with Gasteiger partial charge in [-0.2, -0.15) is 0 Å². The number of rotatable bonds is 5. The van der Waals surface area contributed by atoms with Gasteiger partial charge in [-0.3, -0.25) is 4.57 Å². The maximum atomic E-state index is 9.46. The molecule has 0 N–H and O–H groups in total. The molecule has 0 spiro atoms. The minimum Gasteiger partial charge on any atom is -0.296 e. The van der Waals surface area contributed by atoms with Gasteiger partial charge in [-0.05, 0) is 84.6 Å². The van der Waals surface area contributed by atoms with Gasteiger partial charge < -0.3 is 0 Å². The minimum atomic E-state index is -0.429. The molecule has 0 radical (unpaired) electrons. The summed E-state index contributed by atoms with van der Waals surface area (Å²) in [6.45, 7) is 2.06. The summed E-state index contributed by atoms with van der Waals surface area (Å²) in [5.74, 6) is 0.875. The number of nitrogens with zero attached hydrogens (tertiary/aromatic N) is 2. The van der Waals surface area contributed by atoms with Gasteiger partial charge in [0.1, 0.15) is 5.82 Å². The number of hydrogen-bond donors (Lipinski definition) is 0. The Labute approximate surface area is 285 Å². The zero-order chi connectivity index (χ0) is 38.3. The van der Waals surface area contributed by atoms with Gasteiger partial charge in [0.2, 0.25) is 0 Å². The number of benzene rings is 8. The summed E-state index contributed by atoms with van der Waals surface area (Å²) in [4.78, 5) is 4.91. The standard InChI is InChI=1S/C45H32N2/c1-2-43-46-40-25-12-13-26-42(40)47(43)41-28-27-39(33-19-6-7-20-34(33)41)45-37-23-10-8-21-35(37)44(36-22-9-11-24-38(36)45)32-18-14-17-31(29-32)30-15-4-3-5-16-30/h3-29H,2H2,1H3/i8D,9D,10D,11D,21D,22D,23D,24D. The van der Waals surface area contributed by atoms with E-state index < -0.39 is 24.2 Å². The highest BCUT2D eigenvalue weighted by molar-refractivity contribution is 6.24. The van der Waals surface area contributed by atoms with Gasteiger partial charge in [-0.25, -0.2) is 4.98 Å². The Morgan fingerprint density at radius 3 is 1.85 bits per heavy atom. The van der Waals surface area contributed by atoms with Crippen molar-refractivity contribution in [1.82, 2.24) is 9.55 Å². The molecule has 2 nitrogen and oxygen atoms in total. The number of fused-ring (bicyclic) bond motifs is 4. The maximum Gasteiger partial charge on any atom is 0.114 e. The van der Waals surface area contributed by atoms with Gasteiger partial charge >= 0.3 is 0 Å². The van der Waals surface area contributed by atoms with E-state index in [4.69, 9.17) is 10.5 Å². The molecule has 0 saturated carbocycles. The first-order chi connectivity index (χ1) is 26.6. The maximum absolute atomic E-state index is 9.46. The monoisotopic (exact) mass is 608 g/mol. The zero-order valence-electron chi connectivity index (χ0n) is 33.6. The number of hydrogen-bond acceptors (Lipinski definition) is 1. The Morgan fingerprint density at radius 1 is 0.532 bits per heavy atom. The predicted octanol–water partition coefficient (Wildman–Crippen LogP) is 12.0. The summed E-state index contributed by atoms with van der Waals surface area (Å²) in [5.41, 5.74) is 6.25. The van der Waals surface area contributed by atoms with Gasteiger partial charge in [-0.1, -0.05) is 146 Å². The average Bonchev–Trinajstić information content (AvgIpc) is 3.61. The average molecular weight is 609 g/mol. The fourth-order valence-electron chi connectivity index (χ4n) is 6.95. The molecule has 47 heavy (non-hydrogen) atoms. The first-order valence-electron chi connectivity index (χ1n) is 19.7. The molecule has 0 amide bonds. The van der Waals surface area contributed by atoms with Crippen LogP contribution in [0.3, 0.4) is 0 Å². The largest absolute Gasteiger partial charge is 0.296 e. The lowest BCUT2D eigenvalue weighted by Crippen LogP contribution is -2.01. The van der Waals surface area contributed by atoms with Crippen molar-refractivity contribution >= 4 is 43.4 Å². The van der Waals surface area contributed by atoms with Crippen LogP contribution in [0.15, 0.2) is 164 Å². The highest BCUT2D eigenvalue weighted by Gasteiger charge is 2.20. The van der Waals surface area contributed by atoms with Crippen LogP contribution < -0.4 is 0 Å². The zero-order valence-corrected chi connectivity index (χ0v) is 25.6. The number of para-hydroxylation sites is 2. The third-order valence-electron chi connectivity index (χ3n) is 8.99. The van der Waals surface area contributed by atoms with E-state index in [1.807, 2.05) is 115 Å². The molecule has 8 aromatic carbocycles. The van der Waals surface area contributed by atoms with E-state index >= 15 is 0 Å². The normalized spacial score (nSPS) is 14.0. The van der Waals surface area contributed by atoms with Crippen molar-refractivity contribution in [3.63, 3.8) is 0 Å². The third-order valence-corrected chi connectivity index (χ3v) is 8.99. The Kier molecular flexibility index (Phi) is 4.78. The van der Waals surface area contributed by atoms with E-state index in [9.17, 15) is 5.48 Å². The summed E-state index contributed by atoms with van der Waals surface area (Å²) in [7, 11) is 0. The molecule has 222 valence electrons. The molecule has 0 atom stereocenters. The van der Waals surface area contributed by atoms with Crippen molar-refractivity contribution in [2.24, 2.45) is 0 Å². The second-order valence-electron chi connectivity index (χ2n) is 11.6. The number of aromatic nitrogens is 2. The molecule has 9 rings (SSSR count). The summed E-state index contributed by atoms with van der Waals surface area (Å²) in [6, 6.07) is 34.0. The van der Waals surface area contributed by atoms with Crippen LogP contribution in [0.2, 0.25) is 0 Å². The molecule has 0 aliphatic carbocycles. The van der Waals surface area contributed by atoms with Crippen LogP contribution in [0.4, 0.5) is 0 Å². The van der Waals surface area contributed by atoms with Crippen LogP contribution in [-0.4, -0.2) is 9.55 Å². The van der Waals surface area contributed by atoms with E-state index in [0.29, 0.717) is 28.7 Å². The number of imidazole rings is 1. The summed E-state index contributed by atoms with van der Waals surface area (Å²) < 4.78 is 75.3. The molecule has 0 bridgehead atoms. The molecule has 0 unspecified atom stereocenters. The Balaban J connectivity index is 1.49. The Bertz CT molecular complexity index is 2980. The smallest absolute Gasteiger partial charge is 0.114 e. The van der Waals surface area contributed by atoms with Crippen LogP contribution in [0.1, 0.15) is 23.7 Å². The van der Waals surface area contributed by atoms with E-state index in [1.165, 1.54) is 0 Å². The Hall–Kier alpha value is -5.99. The lowest BCUT2D eigenvalue weighted by Gasteiger charge is -2.20. The third kappa shape index (κ3) is 4.37. The van der Waals surface area contributed by atoms with Gasteiger partial charge in [0.05, 0.1) is 27.7 Å². The van der Waals surface area contributed by atoms with E-state index in [1.54, 1.807) is 0 Å². The van der Waals surface area contributed by atoms with Gasteiger partial charge in [-0.15, -0.1) is 0 Å². The second kappa shape index (κ2) is 11.1. The fourth-order valence-corrected chi connectivity index (χ4v) is 6.95. The van der Waals surface area contributed by atoms with E-state index in [0.717, 1.165) is 44.4 Å². The lowest BCUT2D eigenvalue weighted by molar-refractivity contribution is 0.913. The first-order valence-corrected chi connectivity index (χ1v) is 15.7. The number of aryl methyl sites for hydroxylation is 1. The molecule has 0 aliphatic rings. The molecule has 1 aromatic heterocycles. The lowest BCUT2D eigenvalue weighted by atomic mass is 9.84. The molecule has 0 aliphatic heterocycles. The van der Waals surface area contributed by atoms with Crippen molar-refractivity contribution < 1.29 is 11.0 Å². The van der Waals surface area contributed by atoms with Gasteiger partial charge in [0.25, 0.3) is 0 Å². The van der Waals surface area contributed by atoms with Crippen molar-refractivity contribution in [2.45, 2.75) is 13.3 Å². The summed E-state index contributed by atoms with van der Waals surface area (Å²) >= 11 is 0. The SMILES string of the molecule is [2H]c1c([2H])c([2H])c2c(-c3ccc(-n4c(CC)nc5ccccc54)c4ccccc34)c3c([2H])c([2H])c([2H])c([2H])c3c(-c3cccc(-c4ccccc4)c3)c2c1[2H]. The second-order valence-corrected chi connectivity index (χ2v) is 11.6. The van der Waals surface area contributed by atoms with Crippen LogP contribution in [0.25, 0.3) is 82.4 Å². The quantitative estimate of drug-likeness (QED) is 0.178. The fraction of sp³-hybridized carbons (Fsp3) is 0.0444. The topological polar surface area (TPSA) is 17.8 Å². The van der Waals surface area contributed by atoms with E-state index in [2.05, 4.69) is 11.5 Å². The minimum absolute atomic E-state index is 0.184. The predicted molar refractivity (Wildman–Crippen MR) is 199 cm³/mol. The Morgan fingerprint density at radius 2 is 1.13 bits per heavy atom. The van der Waals surface area contributed by atoms with Crippen LogP contribution in [-0.2, 0) is 6.42 Å². The molecular weight excluding hydrogens is 569 g/mol. The summed E-state index contributed by atoms with van der Waals surface area (Å²) in [5, 5.41) is 2.34. The first kappa shape index (κ1) is 20.2. The molecule has 0 saturated heterocycles.